The minimum absolute atomic E-state index is 0.0853. The fourth-order valence-corrected chi connectivity index (χ4v) is 4.44. The topological polar surface area (TPSA) is 72.9 Å². The molecule has 1 saturated carbocycles. The van der Waals surface area contributed by atoms with Crippen LogP contribution in [0.15, 0.2) is 0 Å². The smallest absolute Gasteiger partial charge is 0.236 e. The van der Waals surface area contributed by atoms with Crippen molar-refractivity contribution in [1.29, 1.82) is 0 Å². The molecule has 23 heavy (non-hydrogen) atoms. The number of likely N-dealkylation sites (tertiary alicyclic amines) is 1. The van der Waals surface area contributed by atoms with Crippen LogP contribution in [0.1, 0.15) is 44.9 Å². The lowest BCUT2D eigenvalue weighted by Crippen LogP contribution is -2.62. The quantitative estimate of drug-likeness (QED) is 0.786. The Morgan fingerprint density at radius 2 is 2.09 bits per heavy atom. The van der Waals surface area contributed by atoms with Crippen LogP contribution in [-0.4, -0.2) is 72.1 Å². The highest BCUT2D eigenvalue weighted by atomic mass is 16.3. The van der Waals surface area contributed by atoms with Gasteiger partial charge in [0.2, 0.25) is 11.8 Å². The number of hydrogen-bond donors (Lipinski definition) is 2. The van der Waals surface area contributed by atoms with E-state index in [1.807, 2.05) is 7.05 Å². The van der Waals surface area contributed by atoms with E-state index in [0.717, 1.165) is 6.42 Å². The first kappa shape index (κ1) is 16.7. The molecule has 3 aliphatic rings. The highest BCUT2D eigenvalue weighted by Crippen LogP contribution is 2.37. The number of aliphatic hydroxyl groups is 1. The average molecular weight is 323 g/mol. The van der Waals surface area contributed by atoms with Crippen LogP contribution in [-0.2, 0) is 9.59 Å². The van der Waals surface area contributed by atoms with Gasteiger partial charge in [0, 0.05) is 25.7 Å². The third-order valence-electron chi connectivity index (χ3n) is 6.01. The molecule has 2 saturated heterocycles. The summed E-state index contributed by atoms with van der Waals surface area (Å²) in [5.41, 5.74) is -0.794. The zero-order valence-corrected chi connectivity index (χ0v) is 14.1. The zero-order valence-electron chi connectivity index (χ0n) is 14.1. The van der Waals surface area contributed by atoms with E-state index in [2.05, 4.69) is 10.2 Å². The van der Waals surface area contributed by atoms with Gasteiger partial charge in [-0.1, -0.05) is 12.8 Å². The van der Waals surface area contributed by atoms with E-state index in [-0.39, 0.29) is 11.8 Å². The van der Waals surface area contributed by atoms with Crippen molar-refractivity contribution in [3.63, 3.8) is 0 Å². The van der Waals surface area contributed by atoms with Gasteiger partial charge in [-0.25, -0.2) is 0 Å². The lowest BCUT2D eigenvalue weighted by Gasteiger charge is -2.47. The van der Waals surface area contributed by atoms with Crippen molar-refractivity contribution < 1.29 is 14.7 Å². The zero-order chi connectivity index (χ0) is 16.4. The van der Waals surface area contributed by atoms with Gasteiger partial charge in [0.15, 0.2) is 0 Å². The highest BCUT2D eigenvalue weighted by Gasteiger charge is 2.50. The Bertz CT molecular complexity index is 464. The second-order valence-corrected chi connectivity index (χ2v) is 7.49. The molecule has 0 aromatic rings. The Morgan fingerprint density at radius 3 is 2.78 bits per heavy atom. The summed E-state index contributed by atoms with van der Waals surface area (Å²) in [4.78, 5) is 29.0. The first-order valence-corrected chi connectivity index (χ1v) is 8.97. The summed E-state index contributed by atoms with van der Waals surface area (Å²) in [5, 5.41) is 13.3. The van der Waals surface area contributed by atoms with E-state index in [0.29, 0.717) is 45.1 Å². The van der Waals surface area contributed by atoms with E-state index in [4.69, 9.17) is 0 Å². The SMILES string of the molecule is CN(CC(=O)N1CC[C@@H](O)[C@@]2(CCCNC2=O)C1)C1CCCC1. The van der Waals surface area contributed by atoms with Crippen LogP contribution in [0.3, 0.4) is 0 Å². The van der Waals surface area contributed by atoms with Crippen LogP contribution in [0.2, 0.25) is 0 Å². The molecule has 2 N–H and O–H groups in total. The van der Waals surface area contributed by atoms with Crippen molar-refractivity contribution in [2.45, 2.75) is 57.1 Å². The lowest BCUT2D eigenvalue weighted by molar-refractivity contribution is -0.155. The summed E-state index contributed by atoms with van der Waals surface area (Å²) >= 11 is 0. The molecule has 1 aliphatic carbocycles. The van der Waals surface area contributed by atoms with Crippen molar-refractivity contribution >= 4 is 11.8 Å². The van der Waals surface area contributed by atoms with Gasteiger partial charge < -0.3 is 15.3 Å². The number of rotatable bonds is 3. The number of aliphatic hydroxyl groups excluding tert-OH is 1. The Balaban J connectivity index is 1.63. The summed E-state index contributed by atoms with van der Waals surface area (Å²) in [6.45, 7) is 2.00. The summed E-state index contributed by atoms with van der Waals surface area (Å²) < 4.78 is 0. The number of carbonyl (C=O) groups is 2. The Morgan fingerprint density at radius 1 is 1.35 bits per heavy atom. The third-order valence-corrected chi connectivity index (χ3v) is 6.01. The van der Waals surface area contributed by atoms with Crippen molar-refractivity contribution in [3.05, 3.63) is 0 Å². The van der Waals surface area contributed by atoms with Crippen molar-refractivity contribution in [1.82, 2.24) is 15.1 Å². The standard InChI is InChI=1S/C17H29N3O3/c1-19(13-5-2-3-6-13)11-15(22)20-10-7-14(21)17(12-20)8-4-9-18-16(17)23/h13-14,21H,2-12H2,1H3,(H,18,23)/t14-,17-/m1/s1. The molecule has 0 bridgehead atoms. The lowest BCUT2D eigenvalue weighted by atomic mass is 9.71. The fraction of sp³-hybridized carbons (Fsp3) is 0.882. The number of amides is 2. The summed E-state index contributed by atoms with van der Waals surface area (Å²) in [6.07, 6.45) is 6.25. The van der Waals surface area contributed by atoms with Crippen LogP contribution in [0, 0.1) is 5.41 Å². The van der Waals surface area contributed by atoms with E-state index in [1.165, 1.54) is 25.7 Å². The molecule has 130 valence electrons. The minimum atomic E-state index is -0.794. The van der Waals surface area contributed by atoms with E-state index >= 15 is 0 Å². The predicted octanol–water partition coefficient (Wildman–Crippen LogP) is 0.350. The molecule has 6 heteroatoms. The largest absolute Gasteiger partial charge is 0.392 e. The van der Waals surface area contributed by atoms with E-state index in [1.54, 1.807) is 4.90 Å². The Labute approximate surface area is 138 Å². The normalized spacial score (nSPS) is 32.6. The van der Waals surface area contributed by atoms with Crippen LogP contribution in [0.5, 0.6) is 0 Å². The van der Waals surface area contributed by atoms with Gasteiger partial charge in [-0.3, -0.25) is 14.5 Å². The van der Waals surface area contributed by atoms with Gasteiger partial charge in [-0.05, 0) is 39.2 Å². The first-order valence-electron chi connectivity index (χ1n) is 8.97. The Kier molecular flexibility index (Phi) is 4.92. The number of carbonyl (C=O) groups excluding carboxylic acids is 2. The molecule has 2 atom stereocenters. The molecule has 0 radical (unpaired) electrons. The average Bonchev–Trinajstić information content (AvgIpc) is 3.07. The molecule has 2 amide bonds. The van der Waals surface area contributed by atoms with Gasteiger partial charge in [0.05, 0.1) is 18.1 Å². The van der Waals surface area contributed by atoms with Gasteiger partial charge in [0.25, 0.3) is 0 Å². The monoisotopic (exact) mass is 323 g/mol. The van der Waals surface area contributed by atoms with Crippen LogP contribution >= 0.6 is 0 Å². The summed E-state index contributed by atoms with van der Waals surface area (Å²) in [6, 6.07) is 0.515. The number of hydrogen-bond acceptors (Lipinski definition) is 4. The van der Waals surface area contributed by atoms with Crippen LogP contribution in [0.4, 0.5) is 0 Å². The Hall–Kier alpha value is -1.14. The minimum Gasteiger partial charge on any atom is -0.392 e. The molecule has 3 rings (SSSR count). The molecule has 2 heterocycles. The van der Waals surface area contributed by atoms with E-state index < -0.39 is 11.5 Å². The molecule has 3 fully saturated rings. The number of nitrogens with one attached hydrogen (secondary N) is 1. The number of likely N-dealkylation sites (N-methyl/N-ethyl adjacent to an activating group) is 1. The van der Waals surface area contributed by atoms with E-state index in [9.17, 15) is 14.7 Å². The molecular weight excluding hydrogens is 294 g/mol. The molecule has 0 aromatic carbocycles. The van der Waals surface area contributed by atoms with Gasteiger partial charge in [-0.15, -0.1) is 0 Å². The second-order valence-electron chi connectivity index (χ2n) is 7.49. The van der Waals surface area contributed by atoms with Crippen LogP contribution < -0.4 is 5.32 Å². The predicted molar refractivity (Wildman–Crippen MR) is 86.8 cm³/mol. The molecule has 0 aromatic heterocycles. The van der Waals surface area contributed by atoms with Crippen molar-refractivity contribution in [2.75, 3.05) is 33.2 Å². The molecule has 6 nitrogen and oxygen atoms in total. The molecule has 0 unspecified atom stereocenters. The molecule has 2 aliphatic heterocycles. The van der Waals surface area contributed by atoms with Gasteiger partial charge in [0.1, 0.15) is 0 Å². The number of piperidine rings is 2. The maximum atomic E-state index is 12.7. The molecular formula is C17H29N3O3. The molecule has 1 spiro atoms. The van der Waals surface area contributed by atoms with Gasteiger partial charge >= 0.3 is 0 Å². The first-order chi connectivity index (χ1) is 11.0. The van der Waals surface area contributed by atoms with Gasteiger partial charge in [-0.2, -0.15) is 0 Å². The maximum Gasteiger partial charge on any atom is 0.236 e. The maximum absolute atomic E-state index is 12.7. The highest BCUT2D eigenvalue weighted by molar-refractivity contribution is 5.86. The second kappa shape index (κ2) is 6.77. The number of nitrogens with zero attached hydrogens (tertiary/aromatic N) is 2. The van der Waals surface area contributed by atoms with Crippen LogP contribution in [0.25, 0.3) is 0 Å². The fourth-order valence-electron chi connectivity index (χ4n) is 4.44. The summed E-state index contributed by atoms with van der Waals surface area (Å²) in [7, 11) is 2.02. The van der Waals surface area contributed by atoms with Crippen molar-refractivity contribution in [2.24, 2.45) is 5.41 Å². The third kappa shape index (κ3) is 3.24. The van der Waals surface area contributed by atoms with Crippen molar-refractivity contribution in [3.8, 4) is 0 Å². The summed E-state index contributed by atoms with van der Waals surface area (Å²) in [5.74, 6) is 0.00180.